The summed E-state index contributed by atoms with van der Waals surface area (Å²) in [4.78, 5) is 0. The molecule has 2 rings (SSSR count). The topological polar surface area (TPSA) is 21.3 Å². The number of ether oxygens (including phenoxy) is 1. The molecule has 0 spiro atoms. The van der Waals surface area contributed by atoms with Crippen LogP contribution in [0.4, 0.5) is 4.39 Å². The summed E-state index contributed by atoms with van der Waals surface area (Å²) in [6.45, 7) is 6.80. The number of aryl methyl sites for hydroxylation is 1. The Bertz CT molecular complexity index is 407. The van der Waals surface area contributed by atoms with Gasteiger partial charge < -0.3 is 10.1 Å². The molecule has 1 saturated heterocycles. The van der Waals surface area contributed by atoms with E-state index in [9.17, 15) is 4.39 Å². The molecule has 1 N–H and O–H groups in total. The highest BCUT2D eigenvalue weighted by atomic mass is 19.1. The average Bonchev–Trinajstić information content (AvgIpc) is 2.76. The maximum Gasteiger partial charge on any atom is 0.126 e. The third-order valence-corrected chi connectivity index (χ3v) is 3.62. The van der Waals surface area contributed by atoms with Gasteiger partial charge in [0.25, 0.3) is 0 Å². The highest BCUT2D eigenvalue weighted by Crippen LogP contribution is 2.30. The van der Waals surface area contributed by atoms with E-state index in [0.29, 0.717) is 11.7 Å². The Hall–Kier alpha value is -0.930. The second-order valence-electron chi connectivity index (χ2n) is 5.11. The molecule has 3 atom stereocenters. The van der Waals surface area contributed by atoms with Crippen LogP contribution in [-0.2, 0) is 4.74 Å². The Balaban J connectivity index is 2.20. The van der Waals surface area contributed by atoms with E-state index in [-0.39, 0.29) is 18.0 Å². The van der Waals surface area contributed by atoms with E-state index in [2.05, 4.69) is 19.2 Å². The van der Waals surface area contributed by atoms with E-state index >= 15 is 0 Å². The average molecular weight is 251 g/mol. The molecule has 0 aliphatic carbocycles. The van der Waals surface area contributed by atoms with Crippen LogP contribution >= 0.6 is 0 Å². The van der Waals surface area contributed by atoms with Crippen molar-refractivity contribution in [3.05, 3.63) is 35.1 Å². The minimum Gasteiger partial charge on any atom is -0.373 e. The second-order valence-corrected chi connectivity index (χ2v) is 5.11. The minimum atomic E-state index is -0.138. The molecule has 0 bridgehead atoms. The van der Waals surface area contributed by atoms with Crippen molar-refractivity contribution in [2.24, 2.45) is 0 Å². The molecule has 2 nitrogen and oxygen atoms in total. The van der Waals surface area contributed by atoms with Crippen molar-refractivity contribution in [3.63, 3.8) is 0 Å². The fraction of sp³-hybridized carbons (Fsp3) is 0.600. The van der Waals surface area contributed by atoms with Crippen LogP contribution in [0.1, 0.15) is 43.9 Å². The van der Waals surface area contributed by atoms with Gasteiger partial charge in [0.05, 0.1) is 18.2 Å². The van der Waals surface area contributed by atoms with Gasteiger partial charge in [-0.15, -0.1) is 0 Å². The van der Waals surface area contributed by atoms with Crippen LogP contribution in [0.15, 0.2) is 18.2 Å². The van der Waals surface area contributed by atoms with Crippen molar-refractivity contribution < 1.29 is 9.13 Å². The number of benzene rings is 1. The Kier molecular flexibility index (Phi) is 4.36. The largest absolute Gasteiger partial charge is 0.373 e. The van der Waals surface area contributed by atoms with Crippen LogP contribution in [-0.4, -0.2) is 18.8 Å². The van der Waals surface area contributed by atoms with E-state index in [0.717, 1.165) is 24.9 Å². The molecule has 0 saturated carbocycles. The molecule has 1 aliphatic rings. The number of halogens is 1. The predicted molar refractivity (Wildman–Crippen MR) is 71.1 cm³/mol. The van der Waals surface area contributed by atoms with Gasteiger partial charge in [-0.2, -0.15) is 0 Å². The summed E-state index contributed by atoms with van der Waals surface area (Å²) >= 11 is 0. The van der Waals surface area contributed by atoms with E-state index in [1.807, 2.05) is 12.1 Å². The van der Waals surface area contributed by atoms with Crippen molar-refractivity contribution >= 4 is 0 Å². The van der Waals surface area contributed by atoms with Gasteiger partial charge in [0.15, 0.2) is 0 Å². The number of likely N-dealkylation sites (N-methyl/N-ethyl adjacent to an activating group) is 1. The van der Waals surface area contributed by atoms with Gasteiger partial charge in [-0.1, -0.05) is 19.1 Å². The zero-order chi connectivity index (χ0) is 13.1. The first-order valence-electron chi connectivity index (χ1n) is 6.76. The number of hydrogen-bond acceptors (Lipinski definition) is 2. The molecule has 0 radical (unpaired) electrons. The third-order valence-electron chi connectivity index (χ3n) is 3.62. The van der Waals surface area contributed by atoms with Gasteiger partial charge in [-0.25, -0.2) is 4.39 Å². The maximum atomic E-state index is 13.7. The van der Waals surface area contributed by atoms with E-state index in [1.165, 1.54) is 0 Å². The zero-order valence-corrected chi connectivity index (χ0v) is 11.4. The summed E-state index contributed by atoms with van der Waals surface area (Å²) in [5.74, 6) is -0.138. The van der Waals surface area contributed by atoms with Crippen molar-refractivity contribution in [2.75, 3.05) is 6.54 Å². The summed E-state index contributed by atoms with van der Waals surface area (Å²) in [6, 6.07) is 5.57. The highest BCUT2D eigenvalue weighted by molar-refractivity contribution is 5.26. The third kappa shape index (κ3) is 2.90. The van der Waals surface area contributed by atoms with Crippen LogP contribution in [0.25, 0.3) is 0 Å². The van der Waals surface area contributed by atoms with E-state index < -0.39 is 0 Å². The first-order chi connectivity index (χ1) is 8.61. The molecule has 0 amide bonds. The van der Waals surface area contributed by atoms with E-state index in [4.69, 9.17) is 4.74 Å². The quantitative estimate of drug-likeness (QED) is 0.886. The van der Waals surface area contributed by atoms with Crippen molar-refractivity contribution in [2.45, 2.75) is 51.9 Å². The zero-order valence-electron chi connectivity index (χ0n) is 11.4. The first kappa shape index (κ1) is 13.5. The van der Waals surface area contributed by atoms with Gasteiger partial charge >= 0.3 is 0 Å². The molecule has 3 heteroatoms. The van der Waals surface area contributed by atoms with Crippen LogP contribution in [0, 0.1) is 12.7 Å². The normalized spacial score (nSPS) is 25.3. The Morgan fingerprint density at radius 1 is 1.44 bits per heavy atom. The fourth-order valence-corrected chi connectivity index (χ4v) is 2.57. The SMILES string of the molecule is CCNC(c1ccc(C)c(F)c1)C1CCC(C)O1. The lowest BCUT2D eigenvalue weighted by molar-refractivity contribution is 0.0319. The monoisotopic (exact) mass is 251 g/mol. The molecule has 1 aliphatic heterocycles. The molecule has 1 aromatic rings. The lowest BCUT2D eigenvalue weighted by atomic mass is 9.98. The summed E-state index contributed by atoms with van der Waals surface area (Å²) in [6.07, 6.45) is 2.59. The van der Waals surface area contributed by atoms with Crippen LogP contribution in [0.5, 0.6) is 0 Å². The number of nitrogens with one attached hydrogen (secondary N) is 1. The molecular weight excluding hydrogens is 229 g/mol. The fourth-order valence-electron chi connectivity index (χ4n) is 2.57. The van der Waals surface area contributed by atoms with Crippen molar-refractivity contribution in [1.82, 2.24) is 5.32 Å². The first-order valence-corrected chi connectivity index (χ1v) is 6.76. The van der Waals surface area contributed by atoms with Gasteiger partial charge in [-0.3, -0.25) is 0 Å². The minimum absolute atomic E-state index is 0.0926. The lowest BCUT2D eigenvalue weighted by Gasteiger charge is -2.25. The van der Waals surface area contributed by atoms with Crippen molar-refractivity contribution in [1.29, 1.82) is 0 Å². The van der Waals surface area contributed by atoms with Gasteiger partial charge in [-0.05, 0) is 50.4 Å². The Morgan fingerprint density at radius 2 is 2.22 bits per heavy atom. The van der Waals surface area contributed by atoms with Crippen LogP contribution < -0.4 is 5.32 Å². The molecular formula is C15H22FNO. The number of rotatable bonds is 4. The Morgan fingerprint density at radius 3 is 2.78 bits per heavy atom. The van der Waals surface area contributed by atoms with Gasteiger partial charge in [0, 0.05) is 0 Å². The Labute approximate surface area is 109 Å². The van der Waals surface area contributed by atoms with Crippen LogP contribution in [0.3, 0.4) is 0 Å². The molecule has 3 unspecified atom stereocenters. The van der Waals surface area contributed by atoms with Crippen LogP contribution in [0.2, 0.25) is 0 Å². The molecule has 100 valence electrons. The molecule has 18 heavy (non-hydrogen) atoms. The van der Waals surface area contributed by atoms with Gasteiger partial charge in [0.2, 0.25) is 0 Å². The summed E-state index contributed by atoms with van der Waals surface area (Å²) in [5.41, 5.74) is 1.67. The lowest BCUT2D eigenvalue weighted by Crippen LogP contribution is -2.32. The maximum absolute atomic E-state index is 13.7. The smallest absolute Gasteiger partial charge is 0.126 e. The molecule has 1 fully saturated rings. The summed E-state index contributed by atoms with van der Waals surface area (Å²) in [7, 11) is 0. The summed E-state index contributed by atoms with van der Waals surface area (Å²) < 4.78 is 19.6. The molecule has 1 aromatic carbocycles. The van der Waals surface area contributed by atoms with E-state index in [1.54, 1.807) is 13.0 Å². The highest BCUT2D eigenvalue weighted by Gasteiger charge is 2.30. The summed E-state index contributed by atoms with van der Waals surface area (Å²) in [5, 5.41) is 3.42. The predicted octanol–water partition coefficient (Wildman–Crippen LogP) is 3.35. The number of hydrogen-bond donors (Lipinski definition) is 1. The molecule has 1 heterocycles. The standard InChI is InChI=1S/C15H22FNO/c1-4-17-15(14-8-6-11(3)18-14)12-7-5-10(2)13(16)9-12/h5,7,9,11,14-15,17H,4,6,8H2,1-3H3. The van der Waals surface area contributed by atoms with Gasteiger partial charge in [0.1, 0.15) is 5.82 Å². The molecule has 0 aromatic heterocycles. The second kappa shape index (κ2) is 5.81. The van der Waals surface area contributed by atoms with Crippen molar-refractivity contribution in [3.8, 4) is 0 Å².